The van der Waals surface area contributed by atoms with Gasteiger partial charge in [0.05, 0.1) is 10.5 Å². The number of hydrogen-bond acceptors (Lipinski definition) is 3. The first-order valence-corrected chi connectivity index (χ1v) is 8.20. The maximum atomic E-state index is 12.4. The van der Waals surface area contributed by atoms with Gasteiger partial charge in [0.1, 0.15) is 0 Å². The van der Waals surface area contributed by atoms with Crippen molar-refractivity contribution in [3.8, 4) is 0 Å². The number of carbonyl (C=O) groups is 1. The van der Waals surface area contributed by atoms with E-state index in [-0.39, 0.29) is 16.9 Å². The predicted octanol–water partition coefficient (Wildman–Crippen LogP) is 2.27. The van der Waals surface area contributed by atoms with Gasteiger partial charge in [0.15, 0.2) is 0 Å². The predicted molar refractivity (Wildman–Crippen MR) is 92.3 cm³/mol. The molecule has 2 N–H and O–H groups in total. The van der Waals surface area contributed by atoms with E-state index >= 15 is 0 Å². The molecule has 1 aliphatic rings. The summed E-state index contributed by atoms with van der Waals surface area (Å²) in [7, 11) is 0. The second-order valence-corrected chi connectivity index (χ2v) is 8.20. The van der Waals surface area contributed by atoms with Crippen LogP contribution in [-0.2, 0) is 4.79 Å². The molecule has 1 aliphatic heterocycles. The maximum Gasteiger partial charge on any atom is 0.222 e. The summed E-state index contributed by atoms with van der Waals surface area (Å²) < 4.78 is 0. The van der Waals surface area contributed by atoms with E-state index in [9.17, 15) is 4.79 Å². The molecule has 122 valence electrons. The molecule has 0 spiro atoms. The third kappa shape index (κ3) is 4.65. The van der Waals surface area contributed by atoms with Crippen LogP contribution < -0.4 is 5.73 Å². The van der Waals surface area contributed by atoms with E-state index in [1.807, 2.05) is 4.90 Å². The number of nitrogens with two attached hydrogens (primary N) is 1. The van der Waals surface area contributed by atoms with Crippen LogP contribution in [0.2, 0.25) is 0 Å². The minimum atomic E-state index is -0.275. The van der Waals surface area contributed by atoms with Crippen molar-refractivity contribution in [1.82, 2.24) is 9.80 Å². The maximum absolute atomic E-state index is 12.4. The fourth-order valence-electron chi connectivity index (χ4n) is 2.37. The summed E-state index contributed by atoms with van der Waals surface area (Å²) in [5, 5.41) is 0. The molecule has 5 heteroatoms. The summed E-state index contributed by atoms with van der Waals surface area (Å²) in [5.74, 6) is 0.654. The molecule has 1 unspecified atom stereocenters. The molecule has 0 bridgehead atoms. The number of hydrogen-bond donors (Lipinski definition) is 1. The number of thiocarbonyl (C=S) groups is 1. The van der Waals surface area contributed by atoms with Gasteiger partial charge in [-0.3, -0.25) is 9.69 Å². The third-order valence-electron chi connectivity index (χ3n) is 4.99. The van der Waals surface area contributed by atoms with Gasteiger partial charge in [-0.25, -0.2) is 0 Å². The van der Waals surface area contributed by atoms with E-state index in [0.717, 1.165) is 26.2 Å². The van der Waals surface area contributed by atoms with Gasteiger partial charge in [-0.05, 0) is 25.2 Å². The molecule has 1 rings (SSSR count). The number of carbonyl (C=O) groups excluding carboxylic acids is 1. The molecule has 1 amide bonds. The Bertz CT molecular complexity index is 393. The lowest BCUT2D eigenvalue weighted by atomic mass is 9.80. The van der Waals surface area contributed by atoms with Crippen molar-refractivity contribution in [3.05, 3.63) is 0 Å². The molecule has 21 heavy (non-hydrogen) atoms. The van der Waals surface area contributed by atoms with Crippen molar-refractivity contribution < 1.29 is 4.79 Å². The van der Waals surface area contributed by atoms with Crippen LogP contribution in [0.3, 0.4) is 0 Å². The fraction of sp³-hybridized carbons (Fsp3) is 0.875. The Balaban J connectivity index is 2.54. The molecule has 1 saturated heterocycles. The lowest BCUT2D eigenvalue weighted by molar-refractivity contribution is -0.135. The van der Waals surface area contributed by atoms with Crippen molar-refractivity contribution in [2.75, 3.05) is 26.2 Å². The lowest BCUT2D eigenvalue weighted by Gasteiger charge is -2.43. The van der Waals surface area contributed by atoms with Crippen LogP contribution in [0.25, 0.3) is 0 Å². The normalized spacial score (nSPS) is 19.4. The Morgan fingerprint density at radius 3 is 2.00 bits per heavy atom. The highest BCUT2D eigenvalue weighted by Crippen LogP contribution is 2.29. The van der Waals surface area contributed by atoms with Crippen LogP contribution >= 0.6 is 12.2 Å². The van der Waals surface area contributed by atoms with Crippen LogP contribution in [-0.4, -0.2) is 52.4 Å². The zero-order chi connectivity index (χ0) is 16.4. The Morgan fingerprint density at radius 1 is 1.14 bits per heavy atom. The Hall–Kier alpha value is -0.680. The standard InChI is InChI=1S/C16H31N3OS/c1-12(15(2,3)4)11-13(20)18-7-9-19(10-8-18)16(5,6)14(17)21/h12H,7-11H2,1-6H3,(H2,17,21). The van der Waals surface area contributed by atoms with Crippen LogP contribution in [0.5, 0.6) is 0 Å². The fourth-order valence-corrected chi connectivity index (χ4v) is 2.50. The number of nitrogens with zero attached hydrogens (tertiary/aromatic N) is 2. The molecular formula is C16H31N3OS. The van der Waals surface area contributed by atoms with E-state index in [2.05, 4.69) is 46.4 Å². The number of piperazine rings is 1. The highest BCUT2D eigenvalue weighted by atomic mass is 32.1. The third-order valence-corrected chi connectivity index (χ3v) is 5.48. The average Bonchev–Trinajstić information content (AvgIpc) is 2.37. The first-order valence-electron chi connectivity index (χ1n) is 7.79. The van der Waals surface area contributed by atoms with Crippen LogP contribution in [0.15, 0.2) is 0 Å². The van der Waals surface area contributed by atoms with Gasteiger partial charge in [0, 0.05) is 32.6 Å². The topological polar surface area (TPSA) is 49.6 Å². The van der Waals surface area contributed by atoms with Gasteiger partial charge < -0.3 is 10.6 Å². The van der Waals surface area contributed by atoms with Crippen molar-refractivity contribution in [2.45, 2.75) is 53.5 Å². The zero-order valence-corrected chi connectivity index (χ0v) is 15.2. The Kier molecular flexibility index (Phi) is 5.78. The van der Waals surface area contributed by atoms with Gasteiger partial charge in [0.2, 0.25) is 5.91 Å². The first-order chi connectivity index (χ1) is 9.46. The van der Waals surface area contributed by atoms with E-state index in [1.165, 1.54) is 0 Å². The summed E-state index contributed by atoms with van der Waals surface area (Å²) in [6.07, 6.45) is 0.627. The van der Waals surface area contributed by atoms with E-state index in [0.29, 0.717) is 17.3 Å². The SMILES string of the molecule is CC(CC(=O)N1CCN(C(C)(C)C(N)=S)CC1)C(C)(C)C. The minimum absolute atomic E-state index is 0.172. The average molecular weight is 314 g/mol. The molecular weight excluding hydrogens is 282 g/mol. The molecule has 0 saturated carbocycles. The summed E-state index contributed by atoms with van der Waals surface area (Å²) in [6.45, 7) is 16.0. The molecule has 0 radical (unpaired) electrons. The molecule has 0 aromatic carbocycles. The monoisotopic (exact) mass is 313 g/mol. The van der Waals surface area contributed by atoms with Crippen molar-refractivity contribution in [2.24, 2.45) is 17.1 Å². The summed E-state index contributed by atoms with van der Waals surface area (Å²) in [6, 6.07) is 0. The second kappa shape index (κ2) is 6.61. The van der Waals surface area contributed by atoms with Gasteiger partial charge in [-0.15, -0.1) is 0 Å². The van der Waals surface area contributed by atoms with Gasteiger partial charge >= 0.3 is 0 Å². The van der Waals surface area contributed by atoms with Gasteiger partial charge in [0.25, 0.3) is 0 Å². The Morgan fingerprint density at radius 2 is 1.62 bits per heavy atom. The van der Waals surface area contributed by atoms with E-state index < -0.39 is 0 Å². The first kappa shape index (κ1) is 18.4. The zero-order valence-electron chi connectivity index (χ0n) is 14.4. The van der Waals surface area contributed by atoms with E-state index in [1.54, 1.807) is 0 Å². The number of rotatable bonds is 4. The lowest BCUT2D eigenvalue weighted by Crippen LogP contribution is -2.60. The largest absolute Gasteiger partial charge is 0.392 e. The molecule has 0 aromatic rings. The van der Waals surface area contributed by atoms with Gasteiger partial charge in [-0.2, -0.15) is 0 Å². The highest BCUT2D eigenvalue weighted by molar-refractivity contribution is 7.80. The molecule has 1 fully saturated rings. The highest BCUT2D eigenvalue weighted by Gasteiger charge is 2.34. The molecule has 0 aromatic heterocycles. The number of amides is 1. The summed E-state index contributed by atoms with van der Waals surface area (Å²) in [4.78, 5) is 17.2. The van der Waals surface area contributed by atoms with Crippen molar-refractivity contribution >= 4 is 23.1 Å². The van der Waals surface area contributed by atoms with Crippen molar-refractivity contribution in [1.29, 1.82) is 0 Å². The van der Waals surface area contributed by atoms with E-state index in [4.69, 9.17) is 18.0 Å². The molecule has 4 nitrogen and oxygen atoms in total. The quantitative estimate of drug-likeness (QED) is 0.809. The molecule has 1 heterocycles. The summed E-state index contributed by atoms with van der Waals surface area (Å²) >= 11 is 5.15. The second-order valence-electron chi connectivity index (χ2n) is 7.76. The molecule has 0 aliphatic carbocycles. The Labute approximate surface area is 135 Å². The molecule has 1 atom stereocenters. The van der Waals surface area contributed by atoms with Gasteiger partial charge in [-0.1, -0.05) is 39.9 Å². The minimum Gasteiger partial charge on any atom is -0.392 e. The van der Waals surface area contributed by atoms with Crippen LogP contribution in [0.1, 0.15) is 48.0 Å². The summed E-state index contributed by atoms with van der Waals surface area (Å²) in [5.41, 5.74) is 5.72. The van der Waals surface area contributed by atoms with Crippen molar-refractivity contribution in [3.63, 3.8) is 0 Å². The van der Waals surface area contributed by atoms with Crippen LogP contribution in [0, 0.1) is 11.3 Å². The smallest absolute Gasteiger partial charge is 0.222 e. The van der Waals surface area contributed by atoms with Crippen LogP contribution in [0.4, 0.5) is 0 Å².